The number of anilines is 1. The second-order valence-corrected chi connectivity index (χ2v) is 3.59. The summed E-state index contributed by atoms with van der Waals surface area (Å²) in [5, 5.41) is 7.53. The highest BCUT2D eigenvalue weighted by atomic mass is 15.3. The minimum Gasteiger partial charge on any atom is -0.365 e. The van der Waals surface area contributed by atoms with Crippen molar-refractivity contribution in [3.63, 3.8) is 0 Å². The van der Waals surface area contributed by atoms with Crippen LogP contribution >= 0.6 is 0 Å². The van der Waals surface area contributed by atoms with Crippen LogP contribution in [0.4, 0.5) is 5.82 Å². The highest BCUT2D eigenvalue weighted by Crippen LogP contribution is 2.08. The Balaban J connectivity index is 2.54. The van der Waals surface area contributed by atoms with Crippen molar-refractivity contribution < 1.29 is 0 Å². The molecule has 13 heavy (non-hydrogen) atoms. The Labute approximate surface area is 79.5 Å². The van der Waals surface area contributed by atoms with Gasteiger partial charge in [0.15, 0.2) is 0 Å². The van der Waals surface area contributed by atoms with Crippen LogP contribution in [0.25, 0.3) is 0 Å². The van der Waals surface area contributed by atoms with Crippen molar-refractivity contribution in [2.75, 3.05) is 11.9 Å². The van der Waals surface area contributed by atoms with Gasteiger partial charge < -0.3 is 5.32 Å². The molecule has 0 atom stereocenters. The lowest BCUT2D eigenvalue weighted by Crippen LogP contribution is -2.05. The van der Waals surface area contributed by atoms with E-state index in [4.69, 9.17) is 0 Å². The Morgan fingerprint density at radius 1 is 1.69 bits per heavy atom. The van der Waals surface area contributed by atoms with Crippen molar-refractivity contribution in [2.45, 2.75) is 26.8 Å². The minimum atomic E-state index is 0.417. The fraction of sp³-hybridized carbons (Fsp3) is 0.500. The summed E-state index contributed by atoms with van der Waals surface area (Å²) in [5.74, 6) is 0.914. The molecule has 0 fully saturated rings. The van der Waals surface area contributed by atoms with E-state index in [-0.39, 0.29) is 0 Å². The maximum atomic E-state index is 4.35. The molecule has 0 saturated heterocycles. The van der Waals surface area contributed by atoms with Gasteiger partial charge >= 0.3 is 0 Å². The highest BCUT2D eigenvalue weighted by Gasteiger charge is 2.00. The Hall–Kier alpha value is -1.25. The average molecular weight is 179 g/mol. The standard InChI is InChI=1S/C10H17N3/c1-8(2)7-11-10-5-6-13(12-10)9(3)4/h5-6,9H,1,7H2,2-4H3,(H,11,12). The van der Waals surface area contributed by atoms with Gasteiger partial charge in [-0.25, -0.2) is 0 Å². The van der Waals surface area contributed by atoms with E-state index in [0.29, 0.717) is 6.04 Å². The van der Waals surface area contributed by atoms with Crippen molar-refractivity contribution in [3.8, 4) is 0 Å². The molecule has 1 aromatic rings. The molecule has 0 radical (unpaired) electrons. The maximum Gasteiger partial charge on any atom is 0.148 e. The number of nitrogens with zero attached hydrogens (tertiary/aromatic N) is 2. The Bertz CT molecular complexity index is 286. The van der Waals surface area contributed by atoms with Crippen molar-refractivity contribution >= 4 is 5.82 Å². The van der Waals surface area contributed by atoms with Crippen LogP contribution in [0, 0.1) is 0 Å². The first kappa shape index (κ1) is 9.84. The van der Waals surface area contributed by atoms with E-state index in [1.807, 2.05) is 23.9 Å². The van der Waals surface area contributed by atoms with Gasteiger partial charge in [0.2, 0.25) is 0 Å². The first-order valence-electron chi connectivity index (χ1n) is 4.53. The largest absolute Gasteiger partial charge is 0.365 e. The number of nitrogens with one attached hydrogen (secondary N) is 1. The van der Waals surface area contributed by atoms with Gasteiger partial charge in [-0.3, -0.25) is 4.68 Å². The summed E-state index contributed by atoms with van der Waals surface area (Å²) in [5.41, 5.74) is 1.11. The van der Waals surface area contributed by atoms with Crippen LogP contribution in [0.15, 0.2) is 24.4 Å². The summed E-state index contributed by atoms with van der Waals surface area (Å²) in [6, 6.07) is 2.39. The molecule has 1 aromatic heterocycles. The average Bonchev–Trinajstić information content (AvgIpc) is 2.48. The van der Waals surface area contributed by atoms with E-state index in [1.54, 1.807) is 0 Å². The summed E-state index contributed by atoms with van der Waals surface area (Å²) in [4.78, 5) is 0. The monoisotopic (exact) mass is 179 g/mol. The zero-order valence-electron chi connectivity index (χ0n) is 8.54. The third kappa shape index (κ3) is 2.93. The Kier molecular flexibility index (Phi) is 3.12. The van der Waals surface area contributed by atoms with Gasteiger partial charge in [0.25, 0.3) is 0 Å². The summed E-state index contributed by atoms with van der Waals surface area (Å²) < 4.78 is 1.93. The molecule has 0 aliphatic heterocycles. The zero-order valence-corrected chi connectivity index (χ0v) is 8.54. The van der Waals surface area contributed by atoms with E-state index in [1.165, 1.54) is 0 Å². The molecule has 0 bridgehead atoms. The molecule has 0 amide bonds. The molecular weight excluding hydrogens is 162 g/mol. The molecule has 0 unspecified atom stereocenters. The molecular formula is C10H17N3. The minimum absolute atomic E-state index is 0.417. The molecule has 0 spiro atoms. The molecule has 1 rings (SSSR count). The van der Waals surface area contributed by atoms with E-state index in [9.17, 15) is 0 Å². The van der Waals surface area contributed by atoms with Crippen LogP contribution in [0.1, 0.15) is 26.8 Å². The summed E-state index contributed by atoms with van der Waals surface area (Å²) in [6.45, 7) is 10.8. The summed E-state index contributed by atoms with van der Waals surface area (Å²) >= 11 is 0. The molecule has 1 heterocycles. The van der Waals surface area contributed by atoms with Crippen LogP contribution in [0.5, 0.6) is 0 Å². The third-order valence-electron chi connectivity index (χ3n) is 1.71. The fourth-order valence-electron chi connectivity index (χ4n) is 0.961. The van der Waals surface area contributed by atoms with E-state index < -0.39 is 0 Å². The SMILES string of the molecule is C=C(C)CNc1ccn(C(C)C)n1. The number of aromatic nitrogens is 2. The lowest BCUT2D eigenvalue weighted by Gasteiger charge is -2.04. The number of hydrogen-bond acceptors (Lipinski definition) is 2. The topological polar surface area (TPSA) is 29.9 Å². The molecule has 0 aromatic carbocycles. The maximum absolute atomic E-state index is 4.35. The summed E-state index contributed by atoms with van der Waals surface area (Å²) in [6.07, 6.45) is 1.98. The second-order valence-electron chi connectivity index (χ2n) is 3.59. The van der Waals surface area contributed by atoms with Crippen molar-refractivity contribution in [1.82, 2.24) is 9.78 Å². The van der Waals surface area contributed by atoms with Gasteiger partial charge in [-0.1, -0.05) is 12.2 Å². The van der Waals surface area contributed by atoms with Crippen molar-refractivity contribution in [2.24, 2.45) is 0 Å². The van der Waals surface area contributed by atoms with Crippen LogP contribution in [0.3, 0.4) is 0 Å². The van der Waals surface area contributed by atoms with Gasteiger partial charge in [-0.15, -0.1) is 0 Å². The zero-order chi connectivity index (χ0) is 9.84. The van der Waals surface area contributed by atoms with Crippen molar-refractivity contribution in [1.29, 1.82) is 0 Å². The van der Waals surface area contributed by atoms with Gasteiger partial charge in [0.1, 0.15) is 5.82 Å². The molecule has 72 valence electrons. The predicted molar refractivity (Wildman–Crippen MR) is 55.9 cm³/mol. The predicted octanol–water partition coefficient (Wildman–Crippen LogP) is 2.45. The van der Waals surface area contributed by atoms with Gasteiger partial charge in [0, 0.05) is 24.8 Å². The molecule has 0 aliphatic carbocycles. The lowest BCUT2D eigenvalue weighted by atomic mass is 10.3. The lowest BCUT2D eigenvalue weighted by molar-refractivity contribution is 0.534. The first-order valence-corrected chi connectivity index (χ1v) is 4.53. The van der Waals surface area contributed by atoms with E-state index in [0.717, 1.165) is 17.9 Å². The Morgan fingerprint density at radius 3 is 2.85 bits per heavy atom. The van der Waals surface area contributed by atoms with Gasteiger partial charge in [0.05, 0.1) is 0 Å². The molecule has 1 N–H and O–H groups in total. The van der Waals surface area contributed by atoms with Gasteiger partial charge in [-0.2, -0.15) is 5.10 Å². The van der Waals surface area contributed by atoms with Crippen LogP contribution in [0.2, 0.25) is 0 Å². The van der Waals surface area contributed by atoms with Crippen LogP contribution in [-0.4, -0.2) is 16.3 Å². The smallest absolute Gasteiger partial charge is 0.148 e. The first-order chi connectivity index (χ1) is 6.09. The van der Waals surface area contributed by atoms with Gasteiger partial charge in [-0.05, 0) is 20.8 Å². The molecule has 0 aliphatic rings. The summed E-state index contributed by atoms with van der Waals surface area (Å²) in [7, 11) is 0. The third-order valence-corrected chi connectivity index (χ3v) is 1.71. The normalized spacial score (nSPS) is 10.5. The van der Waals surface area contributed by atoms with Crippen LogP contribution < -0.4 is 5.32 Å². The molecule has 3 heteroatoms. The van der Waals surface area contributed by atoms with E-state index >= 15 is 0 Å². The van der Waals surface area contributed by atoms with Crippen molar-refractivity contribution in [3.05, 3.63) is 24.4 Å². The number of hydrogen-bond donors (Lipinski definition) is 1. The molecule has 3 nitrogen and oxygen atoms in total. The quantitative estimate of drug-likeness (QED) is 0.719. The fourth-order valence-corrected chi connectivity index (χ4v) is 0.961. The Morgan fingerprint density at radius 2 is 2.38 bits per heavy atom. The van der Waals surface area contributed by atoms with E-state index in [2.05, 4.69) is 30.8 Å². The highest BCUT2D eigenvalue weighted by molar-refractivity contribution is 5.33. The second kappa shape index (κ2) is 4.12. The number of rotatable bonds is 4. The van der Waals surface area contributed by atoms with Crippen LogP contribution in [-0.2, 0) is 0 Å². The molecule has 0 saturated carbocycles.